The first-order valence-electron chi connectivity index (χ1n) is 4.94. The minimum atomic E-state index is -3.93. The molecule has 0 fully saturated rings. The molecule has 0 heterocycles. The zero-order valence-corrected chi connectivity index (χ0v) is 11.8. The molecule has 0 saturated heterocycles. The van der Waals surface area contributed by atoms with E-state index in [0.717, 1.165) is 0 Å². The molecule has 0 aliphatic rings. The zero-order valence-electron chi connectivity index (χ0n) is 9.52. The third-order valence-electron chi connectivity index (χ3n) is 2.23. The first-order valence-corrected chi connectivity index (χ1v) is 7.18. The predicted octanol–water partition coefficient (Wildman–Crippen LogP) is 1.02. The van der Waals surface area contributed by atoms with E-state index in [1.54, 1.807) is 0 Å². The molecule has 0 bridgehead atoms. The second-order valence-corrected chi connectivity index (χ2v) is 6.64. The van der Waals surface area contributed by atoms with Gasteiger partial charge >= 0.3 is 0 Å². The molecule has 102 valence electrons. The topological polar surface area (TPSA) is 86.6 Å². The maximum atomic E-state index is 12.0. The maximum Gasteiger partial charge on any atom is 0.241 e. The second kappa shape index (κ2) is 5.73. The minimum absolute atomic E-state index is 0.131. The fraction of sp³-hybridized carbons (Fsp3) is 0.400. The Morgan fingerprint density at radius 1 is 1.17 bits per heavy atom. The molecular formula is C10H13Cl2NO4S. The van der Waals surface area contributed by atoms with E-state index in [-0.39, 0.29) is 14.9 Å². The Bertz CT molecular complexity index is 508. The number of aliphatic hydroxyl groups is 2. The smallest absolute Gasteiger partial charge is 0.241 e. The molecule has 5 nitrogen and oxygen atoms in total. The van der Waals surface area contributed by atoms with Crippen molar-refractivity contribution in [2.45, 2.75) is 17.4 Å². The normalized spacial score (nSPS) is 12.7. The molecule has 1 rings (SSSR count). The van der Waals surface area contributed by atoms with Crippen LogP contribution in [0.5, 0.6) is 0 Å². The van der Waals surface area contributed by atoms with Gasteiger partial charge in [-0.05, 0) is 25.1 Å². The molecule has 18 heavy (non-hydrogen) atoms. The van der Waals surface area contributed by atoms with E-state index in [1.807, 2.05) is 0 Å². The van der Waals surface area contributed by atoms with E-state index < -0.39 is 28.8 Å². The van der Waals surface area contributed by atoms with Gasteiger partial charge in [0.2, 0.25) is 10.0 Å². The van der Waals surface area contributed by atoms with Gasteiger partial charge in [-0.2, -0.15) is 0 Å². The van der Waals surface area contributed by atoms with E-state index in [9.17, 15) is 8.42 Å². The number of hydrogen-bond acceptors (Lipinski definition) is 4. The lowest BCUT2D eigenvalue weighted by molar-refractivity contribution is 0.122. The molecule has 0 amide bonds. The number of sulfonamides is 1. The van der Waals surface area contributed by atoms with Crippen LogP contribution in [0.3, 0.4) is 0 Å². The number of halogens is 2. The Labute approximate surface area is 115 Å². The molecule has 0 atom stereocenters. The van der Waals surface area contributed by atoms with Crippen LogP contribution in [0.25, 0.3) is 0 Å². The summed E-state index contributed by atoms with van der Waals surface area (Å²) in [4.78, 5) is -0.131. The van der Waals surface area contributed by atoms with Crippen LogP contribution in [-0.2, 0) is 10.0 Å². The van der Waals surface area contributed by atoms with Crippen LogP contribution in [0.1, 0.15) is 6.92 Å². The summed E-state index contributed by atoms with van der Waals surface area (Å²) in [5.74, 6) is 0. The van der Waals surface area contributed by atoms with Gasteiger partial charge in [0.15, 0.2) is 0 Å². The van der Waals surface area contributed by atoms with Crippen molar-refractivity contribution in [1.82, 2.24) is 4.72 Å². The highest BCUT2D eigenvalue weighted by Gasteiger charge is 2.29. The van der Waals surface area contributed by atoms with Crippen molar-refractivity contribution >= 4 is 33.2 Å². The highest BCUT2D eigenvalue weighted by atomic mass is 35.5. The molecule has 0 radical (unpaired) electrons. The summed E-state index contributed by atoms with van der Waals surface area (Å²) in [7, 11) is -3.93. The third kappa shape index (κ3) is 3.81. The summed E-state index contributed by atoms with van der Waals surface area (Å²) >= 11 is 11.4. The van der Waals surface area contributed by atoms with Crippen molar-refractivity contribution in [2.24, 2.45) is 0 Å². The van der Waals surface area contributed by atoms with Crippen molar-refractivity contribution in [3.8, 4) is 0 Å². The minimum Gasteiger partial charge on any atom is -0.394 e. The molecule has 3 N–H and O–H groups in total. The number of aliphatic hydroxyl groups excluding tert-OH is 2. The van der Waals surface area contributed by atoms with Crippen molar-refractivity contribution in [1.29, 1.82) is 0 Å². The van der Waals surface area contributed by atoms with Gasteiger partial charge in [-0.1, -0.05) is 23.2 Å². The monoisotopic (exact) mass is 313 g/mol. The predicted molar refractivity (Wildman–Crippen MR) is 69.4 cm³/mol. The molecule has 0 aliphatic carbocycles. The SMILES string of the molecule is CC(CO)(CO)NS(=O)(=O)c1cc(Cl)cc(Cl)c1. The van der Waals surface area contributed by atoms with E-state index in [0.29, 0.717) is 0 Å². The highest BCUT2D eigenvalue weighted by Crippen LogP contribution is 2.23. The average Bonchev–Trinajstić information content (AvgIpc) is 2.27. The van der Waals surface area contributed by atoms with E-state index in [2.05, 4.69) is 4.72 Å². The van der Waals surface area contributed by atoms with E-state index in [4.69, 9.17) is 33.4 Å². The van der Waals surface area contributed by atoms with Crippen molar-refractivity contribution in [3.05, 3.63) is 28.2 Å². The first kappa shape index (κ1) is 15.7. The van der Waals surface area contributed by atoms with Crippen molar-refractivity contribution in [3.63, 3.8) is 0 Å². The standard InChI is InChI=1S/C10H13Cl2NO4S/c1-10(5-14,6-15)13-18(16,17)9-3-7(11)2-8(12)4-9/h2-4,13-15H,5-6H2,1H3. The largest absolute Gasteiger partial charge is 0.394 e. The Hall–Kier alpha value is -0.370. The van der Waals surface area contributed by atoms with Crippen LogP contribution in [-0.4, -0.2) is 37.4 Å². The Balaban J connectivity index is 3.14. The lowest BCUT2D eigenvalue weighted by Gasteiger charge is -2.25. The van der Waals surface area contributed by atoms with Crippen LogP contribution in [0.15, 0.2) is 23.1 Å². The summed E-state index contributed by atoms with van der Waals surface area (Å²) in [6.45, 7) is 0.283. The van der Waals surface area contributed by atoms with Crippen molar-refractivity contribution in [2.75, 3.05) is 13.2 Å². The summed E-state index contributed by atoms with van der Waals surface area (Å²) in [6, 6.07) is 3.86. The Kier molecular flexibility index (Phi) is 4.99. The summed E-state index contributed by atoms with van der Waals surface area (Å²) in [6.07, 6.45) is 0. The van der Waals surface area contributed by atoms with Crippen molar-refractivity contribution < 1.29 is 18.6 Å². The fourth-order valence-electron chi connectivity index (χ4n) is 1.18. The second-order valence-electron chi connectivity index (χ2n) is 4.09. The van der Waals surface area contributed by atoms with E-state index in [1.165, 1.54) is 25.1 Å². The van der Waals surface area contributed by atoms with Crippen LogP contribution in [0.2, 0.25) is 10.0 Å². The molecule has 0 spiro atoms. The number of rotatable bonds is 5. The third-order valence-corrected chi connectivity index (χ3v) is 4.28. The molecule has 1 aromatic rings. The molecule has 0 aromatic heterocycles. The molecule has 1 aromatic carbocycles. The van der Waals surface area contributed by atoms with Gasteiger partial charge in [-0.3, -0.25) is 0 Å². The average molecular weight is 314 g/mol. The van der Waals surface area contributed by atoms with Gasteiger partial charge in [-0.15, -0.1) is 0 Å². The lowest BCUT2D eigenvalue weighted by Crippen LogP contribution is -2.51. The Morgan fingerprint density at radius 2 is 1.61 bits per heavy atom. The van der Waals surface area contributed by atoms with E-state index >= 15 is 0 Å². The van der Waals surface area contributed by atoms with Crippen LogP contribution in [0.4, 0.5) is 0 Å². The van der Waals surface area contributed by atoms with Gasteiger partial charge in [0.05, 0.1) is 23.6 Å². The first-order chi connectivity index (χ1) is 8.22. The number of nitrogens with one attached hydrogen (secondary N) is 1. The summed E-state index contributed by atoms with van der Waals surface area (Å²) in [5.41, 5.74) is -1.35. The van der Waals surface area contributed by atoms with Gasteiger partial charge in [-0.25, -0.2) is 13.1 Å². The zero-order chi connectivity index (χ0) is 14.0. The van der Waals surface area contributed by atoms with Crippen LogP contribution < -0.4 is 4.72 Å². The number of hydrogen-bond donors (Lipinski definition) is 3. The van der Waals surface area contributed by atoms with Crippen LogP contribution in [0, 0.1) is 0 Å². The van der Waals surface area contributed by atoms with Gasteiger partial charge in [0.25, 0.3) is 0 Å². The molecule has 8 heteroatoms. The summed E-state index contributed by atoms with van der Waals surface area (Å²) < 4.78 is 26.2. The quantitative estimate of drug-likeness (QED) is 0.757. The molecular weight excluding hydrogens is 301 g/mol. The fourth-order valence-corrected chi connectivity index (χ4v) is 3.30. The highest BCUT2D eigenvalue weighted by molar-refractivity contribution is 7.89. The molecule has 0 saturated carbocycles. The van der Waals surface area contributed by atoms with Gasteiger partial charge < -0.3 is 10.2 Å². The Morgan fingerprint density at radius 3 is 2.00 bits per heavy atom. The lowest BCUT2D eigenvalue weighted by atomic mass is 10.1. The molecule has 0 unspecified atom stereocenters. The van der Waals surface area contributed by atoms with Crippen LogP contribution >= 0.6 is 23.2 Å². The summed E-state index contributed by atoms with van der Waals surface area (Å²) in [5, 5.41) is 18.5. The van der Waals surface area contributed by atoms with Gasteiger partial charge in [0.1, 0.15) is 0 Å². The number of benzene rings is 1. The van der Waals surface area contributed by atoms with Gasteiger partial charge in [0, 0.05) is 10.0 Å². The molecule has 0 aliphatic heterocycles. The maximum absolute atomic E-state index is 12.0.